The van der Waals surface area contributed by atoms with E-state index in [1.54, 1.807) is 6.92 Å². The van der Waals surface area contributed by atoms with E-state index in [1.165, 1.54) is 0 Å². The van der Waals surface area contributed by atoms with Crippen LogP contribution in [0.1, 0.15) is 19.8 Å². The molecule has 116 valence electrons. The Morgan fingerprint density at radius 1 is 0.952 bits per heavy atom. The van der Waals surface area contributed by atoms with Crippen LogP contribution in [-0.2, 0) is 28.6 Å². The summed E-state index contributed by atoms with van der Waals surface area (Å²) in [5, 5.41) is 0. The Kier molecular flexibility index (Phi) is 9.25. The molecule has 0 amide bonds. The summed E-state index contributed by atoms with van der Waals surface area (Å²) in [4.78, 5) is 33.3. The van der Waals surface area contributed by atoms with E-state index < -0.39 is 30.1 Å². The van der Waals surface area contributed by atoms with E-state index in [0.29, 0.717) is 0 Å². The van der Waals surface area contributed by atoms with Gasteiger partial charge in [-0.15, -0.1) is 0 Å². The standard InChI is InChI=1S/C15H20O6/c1-5-13(16)19-9-8-12(21-15(18)7-3)10-11(4)20-14(17)6-2/h5-7,11-12H,1-3,8-10H2,4H3. The lowest BCUT2D eigenvalue weighted by atomic mass is 10.1. The molecule has 0 spiro atoms. The van der Waals surface area contributed by atoms with Crippen LogP contribution < -0.4 is 0 Å². The molecule has 0 aliphatic rings. The van der Waals surface area contributed by atoms with Crippen LogP contribution >= 0.6 is 0 Å². The van der Waals surface area contributed by atoms with Gasteiger partial charge in [0.2, 0.25) is 0 Å². The van der Waals surface area contributed by atoms with E-state index >= 15 is 0 Å². The highest BCUT2D eigenvalue weighted by Crippen LogP contribution is 2.11. The van der Waals surface area contributed by atoms with Gasteiger partial charge in [0.1, 0.15) is 12.2 Å². The summed E-state index contributed by atoms with van der Waals surface area (Å²) in [5.74, 6) is -1.72. The van der Waals surface area contributed by atoms with Gasteiger partial charge in [-0.2, -0.15) is 0 Å². The van der Waals surface area contributed by atoms with Gasteiger partial charge in [0.05, 0.1) is 6.61 Å². The summed E-state index contributed by atoms with van der Waals surface area (Å²) in [6, 6.07) is 0. The normalized spacial score (nSPS) is 12.4. The summed E-state index contributed by atoms with van der Waals surface area (Å²) < 4.78 is 14.9. The van der Waals surface area contributed by atoms with Crippen molar-refractivity contribution in [1.29, 1.82) is 0 Å². The van der Waals surface area contributed by atoms with Crippen molar-refractivity contribution in [1.82, 2.24) is 0 Å². The molecule has 0 heterocycles. The second kappa shape index (κ2) is 10.4. The Labute approximate surface area is 124 Å². The maximum absolute atomic E-state index is 11.2. The molecule has 6 heteroatoms. The molecule has 0 N–H and O–H groups in total. The molecule has 0 fully saturated rings. The van der Waals surface area contributed by atoms with Crippen molar-refractivity contribution in [3.05, 3.63) is 38.0 Å². The molecule has 21 heavy (non-hydrogen) atoms. The Morgan fingerprint density at radius 3 is 2.00 bits per heavy atom. The third kappa shape index (κ3) is 9.21. The highest BCUT2D eigenvalue weighted by atomic mass is 16.6. The number of hydrogen-bond donors (Lipinski definition) is 0. The predicted octanol–water partition coefficient (Wildman–Crippen LogP) is 1.71. The maximum atomic E-state index is 11.2. The largest absolute Gasteiger partial charge is 0.462 e. The zero-order chi connectivity index (χ0) is 16.3. The first-order valence-corrected chi connectivity index (χ1v) is 6.38. The smallest absolute Gasteiger partial charge is 0.330 e. The molecule has 0 saturated heterocycles. The van der Waals surface area contributed by atoms with Crippen molar-refractivity contribution < 1.29 is 28.6 Å². The van der Waals surface area contributed by atoms with Crippen molar-refractivity contribution in [3.8, 4) is 0 Å². The van der Waals surface area contributed by atoms with Crippen molar-refractivity contribution in [2.75, 3.05) is 6.61 Å². The molecule has 2 atom stereocenters. The first-order chi connectivity index (χ1) is 9.92. The van der Waals surface area contributed by atoms with Gasteiger partial charge in [0.15, 0.2) is 0 Å². The van der Waals surface area contributed by atoms with Crippen LogP contribution in [0.3, 0.4) is 0 Å². The van der Waals surface area contributed by atoms with Gasteiger partial charge < -0.3 is 14.2 Å². The monoisotopic (exact) mass is 296 g/mol. The second-order valence-electron chi connectivity index (χ2n) is 4.11. The van der Waals surface area contributed by atoms with Crippen molar-refractivity contribution in [3.63, 3.8) is 0 Å². The lowest BCUT2D eigenvalue weighted by molar-refractivity contribution is -0.149. The number of hydrogen-bond acceptors (Lipinski definition) is 6. The average Bonchev–Trinajstić information content (AvgIpc) is 2.46. The number of carbonyl (C=O) groups excluding carboxylic acids is 3. The molecular formula is C15H20O6. The summed E-state index contributed by atoms with van der Waals surface area (Å²) in [6.07, 6.45) is 2.61. The Balaban J connectivity index is 4.43. The quantitative estimate of drug-likeness (QED) is 0.347. The zero-order valence-electron chi connectivity index (χ0n) is 12.1. The Bertz CT molecular complexity index is 412. The average molecular weight is 296 g/mol. The maximum Gasteiger partial charge on any atom is 0.330 e. The summed E-state index contributed by atoms with van der Waals surface area (Å²) in [6.45, 7) is 11.6. The molecule has 0 aliphatic heterocycles. The topological polar surface area (TPSA) is 78.9 Å². The van der Waals surface area contributed by atoms with E-state index in [4.69, 9.17) is 14.2 Å². The molecule has 0 aromatic rings. The van der Waals surface area contributed by atoms with Gasteiger partial charge >= 0.3 is 17.9 Å². The minimum Gasteiger partial charge on any atom is -0.462 e. The van der Waals surface area contributed by atoms with Crippen LogP contribution in [0.2, 0.25) is 0 Å². The predicted molar refractivity (Wildman–Crippen MR) is 76.2 cm³/mol. The Hall–Kier alpha value is -2.37. The van der Waals surface area contributed by atoms with Gasteiger partial charge in [0, 0.05) is 31.1 Å². The van der Waals surface area contributed by atoms with Crippen LogP contribution in [0.5, 0.6) is 0 Å². The molecule has 6 nitrogen and oxygen atoms in total. The minimum absolute atomic E-state index is 0.0576. The zero-order valence-corrected chi connectivity index (χ0v) is 12.1. The molecule has 0 radical (unpaired) electrons. The van der Waals surface area contributed by atoms with Crippen LogP contribution in [-0.4, -0.2) is 36.7 Å². The van der Waals surface area contributed by atoms with Crippen LogP contribution in [0, 0.1) is 0 Å². The van der Waals surface area contributed by atoms with Crippen LogP contribution in [0.25, 0.3) is 0 Å². The fraction of sp³-hybridized carbons (Fsp3) is 0.400. The van der Waals surface area contributed by atoms with Gasteiger partial charge in [-0.05, 0) is 6.92 Å². The van der Waals surface area contributed by atoms with Crippen LogP contribution in [0.4, 0.5) is 0 Å². The lowest BCUT2D eigenvalue weighted by Crippen LogP contribution is -2.26. The minimum atomic E-state index is -0.600. The molecule has 0 saturated carbocycles. The van der Waals surface area contributed by atoms with Crippen LogP contribution in [0.15, 0.2) is 38.0 Å². The summed E-state index contributed by atoms with van der Waals surface area (Å²) in [5.41, 5.74) is 0. The Morgan fingerprint density at radius 2 is 1.48 bits per heavy atom. The second-order valence-corrected chi connectivity index (χ2v) is 4.11. The lowest BCUT2D eigenvalue weighted by Gasteiger charge is -2.20. The molecule has 0 bridgehead atoms. The van der Waals surface area contributed by atoms with Crippen molar-refractivity contribution >= 4 is 17.9 Å². The highest BCUT2D eigenvalue weighted by Gasteiger charge is 2.19. The highest BCUT2D eigenvalue weighted by molar-refractivity contribution is 5.82. The first-order valence-electron chi connectivity index (χ1n) is 6.38. The fourth-order valence-electron chi connectivity index (χ4n) is 1.45. The molecule has 0 aromatic carbocycles. The number of esters is 3. The van der Waals surface area contributed by atoms with Crippen molar-refractivity contribution in [2.24, 2.45) is 0 Å². The van der Waals surface area contributed by atoms with Crippen molar-refractivity contribution in [2.45, 2.75) is 32.0 Å². The van der Waals surface area contributed by atoms with Gasteiger partial charge in [-0.3, -0.25) is 0 Å². The molecule has 0 rings (SSSR count). The fourth-order valence-corrected chi connectivity index (χ4v) is 1.45. The van der Waals surface area contributed by atoms with E-state index in [9.17, 15) is 14.4 Å². The SMILES string of the molecule is C=CC(=O)OCCC(CC(C)OC(=O)C=C)OC(=O)C=C. The van der Waals surface area contributed by atoms with E-state index in [0.717, 1.165) is 18.2 Å². The molecule has 2 unspecified atom stereocenters. The van der Waals surface area contributed by atoms with Gasteiger partial charge in [-0.25, -0.2) is 14.4 Å². The summed E-state index contributed by atoms with van der Waals surface area (Å²) >= 11 is 0. The number of carbonyl (C=O) groups is 3. The summed E-state index contributed by atoms with van der Waals surface area (Å²) in [7, 11) is 0. The van der Waals surface area contributed by atoms with E-state index in [1.807, 2.05) is 0 Å². The molecular weight excluding hydrogens is 276 g/mol. The first kappa shape index (κ1) is 18.6. The number of ether oxygens (including phenoxy) is 3. The van der Waals surface area contributed by atoms with Gasteiger partial charge in [-0.1, -0.05) is 19.7 Å². The third-order valence-corrected chi connectivity index (χ3v) is 2.38. The third-order valence-electron chi connectivity index (χ3n) is 2.38. The van der Waals surface area contributed by atoms with E-state index in [2.05, 4.69) is 19.7 Å². The van der Waals surface area contributed by atoms with E-state index in [-0.39, 0.29) is 19.4 Å². The van der Waals surface area contributed by atoms with Gasteiger partial charge in [0.25, 0.3) is 0 Å². The number of rotatable bonds is 10. The molecule has 0 aromatic heterocycles. The molecule has 0 aliphatic carbocycles.